The molecule has 0 fully saturated rings. The fourth-order valence-electron chi connectivity index (χ4n) is 4.45. The van der Waals surface area contributed by atoms with Gasteiger partial charge in [0.05, 0.1) is 15.8 Å². The Kier molecular flexibility index (Phi) is 9.55. The van der Waals surface area contributed by atoms with Crippen LogP contribution in [0.1, 0.15) is 36.3 Å². The number of ether oxygens (including phenoxy) is 2. The van der Waals surface area contributed by atoms with Gasteiger partial charge in [0.2, 0.25) is 0 Å². The highest BCUT2D eigenvalue weighted by Gasteiger charge is 2.19. The molecule has 0 aliphatic heterocycles. The molecular weight excluding hydrogens is 532 g/mol. The first-order chi connectivity index (χ1) is 17.9. The topological polar surface area (TPSA) is 44.5 Å². The lowest BCUT2D eigenvalue weighted by Crippen LogP contribution is -2.15. The van der Waals surface area contributed by atoms with Gasteiger partial charge in [-0.2, -0.15) is 0 Å². The van der Waals surface area contributed by atoms with E-state index in [1.807, 2.05) is 61.5 Å². The van der Waals surface area contributed by atoms with Crippen molar-refractivity contribution in [2.24, 2.45) is 5.73 Å². The highest BCUT2D eigenvalue weighted by Crippen LogP contribution is 2.35. The molecule has 3 aromatic rings. The summed E-state index contributed by atoms with van der Waals surface area (Å²) in [6.07, 6.45) is 6.30. The number of halogens is 4. The summed E-state index contributed by atoms with van der Waals surface area (Å²) < 4.78 is 26.7. The van der Waals surface area contributed by atoms with Gasteiger partial charge in [0.25, 0.3) is 0 Å². The largest absolute Gasteiger partial charge is 0.494 e. The first-order valence-electron chi connectivity index (χ1n) is 12.2. The summed E-state index contributed by atoms with van der Waals surface area (Å²) in [6.45, 7) is 2.99. The fraction of sp³-hybridized carbons (Fsp3) is 0.267. The molecule has 7 heteroatoms. The maximum Gasteiger partial charge on any atom is 0.156 e. The zero-order valence-corrected chi connectivity index (χ0v) is 22.8. The third-order valence-corrected chi connectivity index (χ3v) is 7.27. The highest BCUT2D eigenvalue weighted by atomic mass is 35.5. The van der Waals surface area contributed by atoms with Crippen LogP contribution in [-0.4, -0.2) is 19.8 Å². The molecule has 194 valence electrons. The second-order valence-electron chi connectivity index (χ2n) is 9.07. The first kappa shape index (κ1) is 27.5. The summed E-state index contributed by atoms with van der Waals surface area (Å²) in [7, 11) is 0. The lowest BCUT2D eigenvalue weighted by Gasteiger charge is -2.21. The van der Waals surface area contributed by atoms with E-state index in [0.29, 0.717) is 52.6 Å². The summed E-state index contributed by atoms with van der Waals surface area (Å²) in [5.41, 5.74) is 10.4. The van der Waals surface area contributed by atoms with Crippen molar-refractivity contribution in [2.75, 3.05) is 19.8 Å². The van der Waals surface area contributed by atoms with Gasteiger partial charge in [-0.15, -0.1) is 0 Å². The number of allylic oxidation sites excluding steroid dienone is 4. The SMILES string of the molecule is Cc1cc(Cl)c(OCCOC2=CC=C(CC(CN)c3ccc(-c4ccccc4Cl)cc3F)CC2)c(Cl)c1. The molecule has 0 aromatic heterocycles. The van der Waals surface area contributed by atoms with E-state index in [0.717, 1.165) is 35.3 Å². The van der Waals surface area contributed by atoms with Gasteiger partial charge in [-0.1, -0.05) is 76.8 Å². The number of benzene rings is 3. The lowest BCUT2D eigenvalue weighted by atomic mass is 9.87. The predicted octanol–water partition coefficient (Wildman–Crippen LogP) is 8.89. The van der Waals surface area contributed by atoms with E-state index in [9.17, 15) is 0 Å². The second kappa shape index (κ2) is 12.8. The lowest BCUT2D eigenvalue weighted by molar-refractivity contribution is 0.149. The molecule has 0 spiro atoms. The molecule has 37 heavy (non-hydrogen) atoms. The van der Waals surface area contributed by atoms with Gasteiger partial charge in [-0.25, -0.2) is 4.39 Å². The van der Waals surface area contributed by atoms with Crippen molar-refractivity contribution in [3.63, 3.8) is 0 Å². The van der Waals surface area contributed by atoms with Gasteiger partial charge in [0.15, 0.2) is 5.75 Å². The summed E-state index contributed by atoms with van der Waals surface area (Å²) in [5.74, 6) is 0.975. The van der Waals surface area contributed by atoms with Crippen LogP contribution in [0.25, 0.3) is 11.1 Å². The predicted molar refractivity (Wildman–Crippen MR) is 151 cm³/mol. The van der Waals surface area contributed by atoms with Crippen LogP contribution in [0.2, 0.25) is 15.1 Å². The van der Waals surface area contributed by atoms with E-state index < -0.39 is 0 Å². The normalized spacial score (nSPS) is 14.1. The average Bonchev–Trinajstić information content (AvgIpc) is 2.87. The molecule has 3 aromatic carbocycles. The molecule has 0 bridgehead atoms. The quantitative estimate of drug-likeness (QED) is 0.252. The van der Waals surface area contributed by atoms with Gasteiger partial charge in [0.1, 0.15) is 19.0 Å². The Balaban J connectivity index is 1.33. The van der Waals surface area contributed by atoms with Crippen molar-refractivity contribution in [2.45, 2.75) is 32.1 Å². The average molecular weight is 561 g/mol. The minimum absolute atomic E-state index is 0.111. The minimum Gasteiger partial charge on any atom is -0.494 e. The number of nitrogens with two attached hydrogens (primary N) is 1. The van der Waals surface area contributed by atoms with Gasteiger partial charge >= 0.3 is 0 Å². The summed E-state index contributed by atoms with van der Waals surface area (Å²) in [6, 6.07) is 16.3. The summed E-state index contributed by atoms with van der Waals surface area (Å²) in [5, 5.41) is 1.56. The molecule has 0 amide bonds. The van der Waals surface area contributed by atoms with Crippen molar-refractivity contribution in [3.05, 3.63) is 110 Å². The maximum absolute atomic E-state index is 15.1. The van der Waals surface area contributed by atoms with Crippen LogP contribution < -0.4 is 10.5 Å². The van der Waals surface area contributed by atoms with Gasteiger partial charge < -0.3 is 15.2 Å². The Hall–Kier alpha value is -2.50. The molecule has 1 aliphatic rings. The van der Waals surface area contributed by atoms with E-state index >= 15 is 4.39 Å². The van der Waals surface area contributed by atoms with E-state index in [4.69, 9.17) is 50.0 Å². The van der Waals surface area contributed by atoms with Crippen LogP contribution in [0.3, 0.4) is 0 Å². The van der Waals surface area contributed by atoms with Gasteiger partial charge in [0, 0.05) is 22.9 Å². The molecular formula is C30H29Cl3FNO2. The van der Waals surface area contributed by atoms with Crippen LogP contribution in [-0.2, 0) is 4.74 Å². The summed E-state index contributed by atoms with van der Waals surface area (Å²) >= 11 is 18.7. The first-order valence-corrected chi connectivity index (χ1v) is 13.3. The van der Waals surface area contributed by atoms with Gasteiger partial charge in [-0.05, 0) is 73.3 Å². The Morgan fingerprint density at radius 1 is 0.892 bits per heavy atom. The zero-order chi connectivity index (χ0) is 26.4. The van der Waals surface area contributed by atoms with Crippen molar-refractivity contribution in [1.82, 2.24) is 0 Å². The molecule has 1 unspecified atom stereocenters. The third-order valence-electron chi connectivity index (χ3n) is 6.38. The smallest absolute Gasteiger partial charge is 0.156 e. The van der Waals surface area contributed by atoms with E-state index in [1.165, 1.54) is 5.57 Å². The molecule has 0 heterocycles. The Morgan fingerprint density at radius 2 is 1.62 bits per heavy atom. The second-order valence-corrected chi connectivity index (χ2v) is 10.3. The van der Waals surface area contributed by atoms with Crippen molar-refractivity contribution in [3.8, 4) is 16.9 Å². The Labute approximate surface area is 232 Å². The fourth-order valence-corrected chi connectivity index (χ4v) is 5.40. The number of aryl methyl sites for hydroxylation is 1. The third kappa shape index (κ3) is 7.08. The van der Waals surface area contributed by atoms with Crippen molar-refractivity contribution >= 4 is 34.8 Å². The molecule has 2 N–H and O–H groups in total. The number of hydrogen-bond acceptors (Lipinski definition) is 3. The minimum atomic E-state index is -0.266. The van der Waals surface area contributed by atoms with Crippen LogP contribution in [0, 0.1) is 12.7 Å². The standard InChI is InChI=1S/C30H29Cl3FNO2/c1-19-14-27(32)30(28(33)15-19)37-13-12-36-23-9-6-20(7-10-23)16-22(18-35)25-11-8-21(17-29(25)34)24-4-2-3-5-26(24)31/h2-6,8-9,11,14-15,17,22H,7,10,12-13,16,18,35H2,1H3. The zero-order valence-electron chi connectivity index (χ0n) is 20.6. The van der Waals surface area contributed by atoms with Crippen LogP contribution in [0.5, 0.6) is 5.75 Å². The van der Waals surface area contributed by atoms with Crippen molar-refractivity contribution < 1.29 is 13.9 Å². The molecule has 3 nitrogen and oxygen atoms in total. The molecule has 4 rings (SSSR count). The van der Waals surface area contributed by atoms with Crippen LogP contribution in [0.15, 0.2) is 78.1 Å². The summed E-state index contributed by atoms with van der Waals surface area (Å²) in [4.78, 5) is 0. The number of rotatable bonds is 10. The van der Waals surface area contributed by atoms with Crippen molar-refractivity contribution in [1.29, 1.82) is 0 Å². The van der Waals surface area contributed by atoms with E-state index in [-0.39, 0.29) is 11.7 Å². The maximum atomic E-state index is 15.1. The van der Waals surface area contributed by atoms with Crippen LogP contribution >= 0.6 is 34.8 Å². The molecule has 0 saturated heterocycles. The number of hydrogen-bond donors (Lipinski definition) is 1. The van der Waals surface area contributed by atoms with Gasteiger partial charge in [-0.3, -0.25) is 0 Å². The van der Waals surface area contributed by atoms with E-state index in [1.54, 1.807) is 12.1 Å². The van der Waals surface area contributed by atoms with Crippen LogP contribution in [0.4, 0.5) is 4.39 Å². The Bertz CT molecular complexity index is 1300. The molecule has 1 atom stereocenters. The molecule has 0 saturated carbocycles. The Morgan fingerprint density at radius 3 is 2.27 bits per heavy atom. The highest BCUT2D eigenvalue weighted by molar-refractivity contribution is 6.37. The monoisotopic (exact) mass is 559 g/mol. The molecule has 0 radical (unpaired) electrons. The van der Waals surface area contributed by atoms with E-state index in [2.05, 4.69) is 0 Å². The molecule has 1 aliphatic carbocycles.